The lowest BCUT2D eigenvalue weighted by molar-refractivity contribution is -0.143. The number of benzene rings is 1. The van der Waals surface area contributed by atoms with Crippen LogP contribution in [-0.2, 0) is 23.9 Å². The summed E-state index contributed by atoms with van der Waals surface area (Å²) in [6.45, 7) is 10.4. The Morgan fingerprint density at radius 3 is 2.17 bits per heavy atom. The Morgan fingerprint density at radius 1 is 1.08 bits per heavy atom. The second-order valence-electron chi connectivity index (χ2n) is 9.22. The van der Waals surface area contributed by atoms with Gasteiger partial charge in [-0.2, -0.15) is 0 Å². The third-order valence-corrected chi connectivity index (χ3v) is 4.81. The summed E-state index contributed by atoms with van der Waals surface area (Å²) in [5.74, 6) is 0.347. The van der Waals surface area contributed by atoms with Crippen LogP contribution in [0.5, 0.6) is 0 Å². The lowest BCUT2D eigenvalue weighted by atomic mass is 9.98. The molecule has 0 aliphatic heterocycles. The largest absolute Gasteiger partial charge is 0.466 e. The SMILES string of the molecule is C#Cc1ccc(C(C(=O)NCCC(=O)OCC)N(C#C)C(=O)C(NC(=O)OC(C)(C)C)C(C)C)cc1. The lowest BCUT2D eigenvalue weighted by Gasteiger charge is -2.31. The molecular formula is C27H35N3O6. The Bertz CT molecular complexity index is 1010. The van der Waals surface area contributed by atoms with Crippen LogP contribution in [0.25, 0.3) is 0 Å². The zero-order chi connectivity index (χ0) is 27.5. The highest BCUT2D eigenvalue weighted by atomic mass is 16.6. The van der Waals surface area contributed by atoms with E-state index in [2.05, 4.69) is 22.6 Å². The number of rotatable bonds is 10. The van der Waals surface area contributed by atoms with Gasteiger partial charge in [0.1, 0.15) is 17.7 Å². The maximum atomic E-state index is 13.6. The Hall–Kier alpha value is -3.98. The standard InChI is InChI=1S/C27H35N3O6/c1-9-19-12-14-20(15-13-19)23(24(32)28-17-16-21(31)35-11-3)30(10-2)25(33)22(18(4)5)29-26(34)36-27(6,7)8/h1-2,12-15,18,22-23H,11,16-17H2,3-8H3,(H,28,32)(H,29,34). The normalized spacial score (nSPS) is 12.4. The summed E-state index contributed by atoms with van der Waals surface area (Å²) in [7, 11) is 0. The number of amides is 3. The molecule has 0 aliphatic rings. The van der Waals surface area contributed by atoms with Crippen LogP contribution in [0, 0.1) is 30.7 Å². The van der Waals surface area contributed by atoms with Gasteiger partial charge in [-0.25, -0.2) is 4.79 Å². The van der Waals surface area contributed by atoms with Crippen molar-refractivity contribution in [1.82, 2.24) is 15.5 Å². The van der Waals surface area contributed by atoms with Crippen molar-refractivity contribution in [3.8, 4) is 24.8 Å². The molecule has 9 nitrogen and oxygen atoms in total. The summed E-state index contributed by atoms with van der Waals surface area (Å²) in [5.41, 5.74) is 0.194. The molecule has 1 rings (SSSR count). The van der Waals surface area contributed by atoms with Crippen molar-refractivity contribution in [2.45, 2.75) is 65.6 Å². The quantitative estimate of drug-likeness (QED) is 0.292. The predicted octanol–water partition coefficient (Wildman–Crippen LogP) is 2.75. The molecule has 2 N–H and O–H groups in total. The molecule has 0 bridgehead atoms. The number of nitrogens with zero attached hydrogens (tertiary/aromatic N) is 1. The molecule has 0 spiro atoms. The molecule has 36 heavy (non-hydrogen) atoms. The van der Waals surface area contributed by atoms with E-state index in [9.17, 15) is 19.2 Å². The summed E-state index contributed by atoms with van der Waals surface area (Å²) in [5, 5.41) is 5.18. The van der Waals surface area contributed by atoms with E-state index in [1.807, 2.05) is 0 Å². The highest BCUT2D eigenvalue weighted by Gasteiger charge is 2.37. The van der Waals surface area contributed by atoms with E-state index >= 15 is 0 Å². The molecule has 194 valence electrons. The van der Waals surface area contributed by atoms with E-state index in [0.29, 0.717) is 11.1 Å². The Morgan fingerprint density at radius 2 is 1.69 bits per heavy atom. The number of alkyl carbamates (subject to hydrolysis) is 1. The van der Waals surface area contributed by atoms with Crippen molar-refractivity contribution in [3.05, 3.63) is 35.4 Å². The fourth-order valence-corrected chi connectivity index (χ4v) is 3.16. The molecule has 9 heteroatoms. The molecule has 0 saturated heterocycles. The molecule has 0 aliphatic carbocycles. The Balaban J connectivity index is 3.29. The summed E-state index contributed by atoms with van der Waals surface area (Å²) in [6, 6.07) is 6.38. The van der Waals surface area contributed by atoms with Crippen molar-refractivity contribution >= 4 is 23.9 Å². The molecule has 2 atom stereocenters. The van der Waals surface area contributed by atoms with Crippen LogP contribution >= 0.6 is 0 Å². The number of nitrogens with one attached hydrogen (secondary N) is 2. The minimum absolute atomic E-state index is 0.0209. The van der Waals surface area contributed by atoms with Gasteiger partial charge in [0.15, 0.2) is 0 Å². The molecular weight excluding hydrogens is 462 g/mol. The smallest absolute Gasteiger partial charge is 0.408 e. The number of hydrogen-bond donors (Lipinski definition) is 2. The second kappa shape index (κ2) is 13.8. The third kappa shape index (κ3) is 9.34. The number of hydrogen-bond acceptors (Lipinski definition) is 6. The molecule has 3 amide bonds. The fraction of sp³-hybridized carbons (Fsp3) is 0.481. The number of carbonyl (C=O) groups is 4. The van der Waals surface area contributed by atoms with Gasteiger partial charge < -0.3 is 20.1 Å². The molecule has 0 aromatic heterocycles. The van der Waals surface area contributed by atoms with Crippen LogP contribution in [0.2, 0.25) is 0 Å². The monoisotopic (exact) mass is 497 g/mol. The van der Waals surface area contributed by atoms with Gasteiger partial charge in [-0.05, 0) is 51.3 Å². The molecule has 0 fully saturated rings. The molecule has 2 unspecified atom stereocenters. The van der Waals surface area contributed by atoms with Crippen LogP contribution in [0.4, 0.5) is 4.79 Å². The minimum Gasteiger partial charge on any atom is -0.466 e. The van der Waals surface area contributed by atoms with Gasteiger partial charge >= 0.3 is 12.1 Å². The van der Waals surface area contributed by atoms with Crippen LogP contribution in [-0.4, -0.2) is 53.6 Å². The molecule has 0 saturated carbocycles. The van der Waals surface area contributed by atoms with E-state index < -0.39 is 41.6 Å². The topological polar surface area (TPSA) is 114 Å². The first kappa shape index (κ1) is 30.1. The van der Waals surface area contributed by atoms with E-state index in [4.69, 9.17) is 22.3 Å². The van der Waals surface area contributed by atoms with Gasteiger partial charge in [0.2, 0.25) is 5.91 Å². The summed E-state index contributed by atoms with van der Waals surface area (Å²) >= 11 is 0. The average molecular weight is 498 g/mol. The summed E-state index contributed by atoms with van der Waals surface area (Å²) in [6.07, 6.45) is 10.3. The highest BCUT2D eigenvalue weighted by Crippen LogP contribution is 2.24. The minimum atomic E-state index is -1.25. The van der Waals surface area contributed by atoms with Crippen molar-refractivity contribution in [2.75, 3.05) is 13.2 Å². The summed E-state index contributed by atoms with van der Waals surface area (Å²) < 4.78 is 10.2. The maximum absolute atomic E-state index is 13.6. The zero-order valence-electron chi connectivity index (χ0n) is 21.7. The van der Waals surface area contributed by atoms with Crippen molar-refractivity contribution in [2.24, 2.45) is 5.92 Å². The van der Waals surface area contributed by atoms with Crippen LogP contribution in [0.3, 0.4) is 0 Å². The van der Waals surface area contributed by atoms with Crippen LogP contribution in [0.1, 0.15) is 65.1 Å². The van der Waals surface area contributed by atoms with Crippen LogP contribution < -0.4 is 10.6 Å². The number of carbonyl (C=O) groups excluding carboxylic acids is 4. The summed E-state index contributed by atoms with van der Waals surface area (Å²) in [4.78, 5) is 51.8. The molecule has 1 aromatic rings. The second-order valence-corrected chi connectivity index (χ2v) is 9.22. The van der Waals surface area contributed by atoms with E-state index in [0.717, 1.165) is 4.90 Å². The first-order valence-corrected chi connectivity index (χ1v) is 11.6. The molecule has 1 aromatic carbocycles. The van der Waals surface area contributed by atoms with Crippen molar-refractivity contribution in [3.63, 3.8) is 0 Å². The van der Waals surface area contributed by atoms with Gasteiger partial charge in [-0.15, -0.1) is 6.42 Å². The number of terminal acetylenes is 2. The third-order valence-electron chi connectivity index (χ3n) is 4.81. The van der Waals surface area contributed by atoms with Crippen molar-refractivity contribution in [1.29, 1.82) is 0 Å². The molecule has 0 radical (unpaired) electrons. The number of ether oxygens (including phenoxy) is 2. The van der Waals surface area contributed by atoms with Crippen molar-refractivity contribution < 1.29 is 28.7 Å². The maximum Gasteiger partial charge on any atom is 0.408 e. The van der Waals surface area contributed by atoms with Gasteiger partial charge in [0, 0.05) is 18.2 Å². The first-order valence-electron chi connectivity index (χ1n) is 11.6. The fourth-order valence-electron chi connectivity index (χ4n) is 3.16. The Kier molecular flexibility index (Phi) is 11.5. The number of esters is 1. The first-order chi connectivity index (χ1) is 16.8. The van der Waals surface area contributed by atoms with E-state index in [-0.39, 0.29) is 25.5 Å². The Labute approximate surface area is 213 Å². The van der Waals surface area contributed by atoms with E-state index in [1.54, 1.807) is 65.8 Å². The average Bonchev–Trinajstić information content (AvgIpc) is 2.79. The van der Waals surface area contributed by atoms with Gasteiger partial charge in [-0.3, -0.25) is 19.3 Å². The lowest BCUT2D eigenvalue weighted by Crippen LogP contribution is -2.53. The zero-order valence-corrected chi connectivity index (χ0v) is 21.7. The highest BCUT2D eigenvalue weighted by molar-refractivity contribution is 5.93. The van der Waals surface area contributed by atoms with Gasteiger partial charge in [0.25, 0.3) is 5.91 Å². The predicted molar refractivity (Wildman–Crippen MR) is 135 cm³/mol. The molecule has 0 heterocycles. The van der Waals surface area contributed by atoms with Crippen LogP contribution in [0.15, 0.2) is 24.3 Å². The van der Waals surface area contributed by atoms with E-state index in [1.165, 1.54) is 0 Å². The van der Waals surface area contributed by atoms with Gasteiger partial charge in [-0.1, -0.05) is 38.3 Å². The van der Waals surface area contributed by atoms with Gasteiger partial charge in [0.05, 0.1) is 13.0 Å².